The number of carbonyl (C=O) groups excluding carboxylic acids is 1. The fraction of sp³-hybridized carbons (Fsp3) is 0.455. The van der Waals surface area contributed by atoms with Gasteiger partial charge in [0.1, 0.15) is 6.10 Å². The Balaban J connectivity index is 1.77. The highest BCUT2D eigenvalue weighted by Crippen LogP contribution is 2.50. The van der Waals surface area contributed by atoms with Crippen LogP contribution in [0.2, 0.25) is 0 Å². The Labute approximate surface area is 155 Å². The molecule has 1 aromatic carbocycles. The molecule has 2 N–H and O–H groups in total. The average Bonchev–Trinajstić information content (AvgIpc) is 2.58. The molecule has 138 valence electrons. The molecule has 1 amide bonds. The van der Waals surface area contributed by atoms with Crippen LogP contribution >= 0.6 is 0 Å². The maximum absolute atomic E-state index is 12.2. The first kappa shape index (κ1) is 18.7. The lowest BCUT2D eigenvalue weighted by Crippen LogP contribution is -2.55. The van der Waals surface area contributed by atoms with Crippen molar-refractivity contribution in [3.63, 3.8) is 0 Å². The summed E-state index contributed by atoms with van der Waals surface area (Å²) in [6.07, 6.45) is 5.94. The number of hydrogen-bond acceptors (Lipinski definition) is 3. The molecule has 1 saturated carbocycles. The van der Waals surface area contributed by atoms with Gasteiger partial charge in [-0.05, 0) is 56.2 Å². The number of ether oxygens (including phenoxy) is 1. The minimum Gasteiger partial charge on any atom is -0.441 e. The second-order valence-electron chi connectivity index (χ2n) is 7.61. The first-order valence-corrected chi connectivity index (χ1v) is 9.17. The molecule has 4 heteroatoms. The lowest BCUT2D eigenvalue weighted by molar-refractivity contribution is -0.0786. The van der Waals surface area contributed by atoms with Crippen LogP contribution in [0, 0.1) is 24.2 Å². The first-order chi connectivity index (χ1) is 12.3. The molecule has 0 bridgehead atoms. The molecule has 0 spiro atoms. The molecule has 2 radical (unpaired) electrons. The molecule has 0 aliphatic heterocycles. The highest BCUT2D eigenvalue weighted by molar-refractivity contribution is 5.84. The summed E-state index contributed by atoms with van der Waals surface area (Å²) >= 11 is 0. The van der Waals surface area contributed by atoms with Gasteiger partial charge in [0, 0.05) is 11.6 Å². The summed E-state index contributed by atoms with van der Waals surface area (Å²) in [5.41, 5.74) is 1.52. The summed E-state index contributed by atoms with van der Waals surface area (Å²) in [6, 6.07) is 9.15. The van der Waals surface area contributed by atoms with Crippen LogP contribution in [0.4, 0.5) is 10.5 Å². The minimum absolute atomic E-state index is 0.0516. The Morgan fingerprint density at radius 2 is 2.04 bits per heavy atom. The zero-order chi connectivity index (χ0) is 18.9. The van der Waals surface area contributed by atoms with Gasteiger partial charge in [-0.3, -0.25) is 5.32 Å². The van der Waals surface area contributed by atoms with Gasteiger partial charge in [0.05, 0.1) is 12.0 Å². The van der Waals surface area contributed by atoms with Crippen LogP contribution < -0.4 is 5.32 Å². The van der Waals surface area contributed by atoms with Gasteiger partial charge in [0.2, 0.25) is 0 Å². The number of hydrogen-bond donors (Lipinski definition) is 2. The van der Waals surface area contributed by atoms with E-state index < -0.39 is 17.8 Å². The lowest BCUT2D eigenvalue weighted by atomic mass is 9.58. The quantitative estimate of drug-likeness (QED) is 0.780. The normalized spacial score (nSPS) is 33.6. The topological polar surface area (TPSA) is 58.6 Å². The van der Waals surface area contributed by atoms with Crippen LogP contribution in [0.5, 0.6) is 0 Å². The number of benzene rings is 1. The number of allylic oxidation sites excluding steroid dienone is 1. The standard InChI is InChI=1S/C22H27NO3/c1-14(2)18-11-10-16(4)22(25)13-20(15(3)12-19(18)22)26-21(24)23-17-8-6-5-7-9-17/h5-9,12,16,18-20,25H,1,10-11H2,2-4H3,(H,23,24)/t16-,18-,19+,20-,22-/m1/s1. The van der Waals surface area contributed by atoms with Crippen molar-refractivity contribution < 1.29 is 14.6 Å². The van der Waals surface area contributed by atoms with Gasteiger partial charge in [0.25, 0.3) is 0 Å². The summed E-state index contributed by atoms with van der Waals surface area (Å²) in [4.78, 5) is 12.2. The fourth-order valence-corrected chi connectivity index (χ4v) is 4.09. The maximum atomic E-state index is 12.2. The molecule has 1 fully saturated rings. The SMILES string of the molecule is C=C(C)[C@H]1CC[C@@H](C)[C@]2(O)[C][C@@H](OC(=O)Nc3ccccc3)C(C)=C[C@@H]12. The Morgan fingerprint density at radius 3 is 2.69 bits per heavy atom. The van der Waals surface area contributed by atoms with E-state index in [-0.39, 0.29) is 17.8 Å². The largest absolute Gasteiger partial charge is 0.441 e. The van der Waals surface area contributed by atoms with E-state index in [1.165, 1.54) is 0 Å². The molecule has 2 aliphatic rings. The van der Waals surface area contributed by atoms with Crippen molar-refractivity contribution in [2.45, 2.75) is 45.3 Å². The van der Waals surface area contributed by atoms with Crippen LogP contribution in [0.15, 0.2) is 54.1 Å². The summed E-state index contributed by atoms with van der Waals surface area (Å²) < 4.78 is 5.55. The van der Waals surface area contributed by atoms with Gasteiger partial charge in [-0.15, -0.1) is 0 Å². The van der Waals surface area contributed by atoms with E-state index in [2.05, 4.69) is 18.3 Å². The zero-order valence-corrected chi connectivity index (χ0v) is 15.7. The number of carbonyl (C=O) groups is 1. The molecule has 26 heavy (non-hydrogen) atoms. The Bertz CT molecular complexity index is 711. The second-order valence-corrected chi connectivity index (χ2v) is 7.61. The third-order valence-corrected chi connectivity index (χ3v) is 5.70. The predicted molar refractivity (Wildman–Crippen MR) is 102 cm³/mol. The van der Waals surface area contributed by atoms with Crippen molar-refractivity contribution in [3.8, 4) is 0 Å². The van der Waals surface area contributed by atoms with E-state index in [1.54, 1.807) is 12.1 Å². The van der Waals surface area contributed by atoms with Gasteiger partial charge in [-0.1, -0.05) is 43.4 Å². The van der Waals surface area contributed by atoms with Crippen molar-refractivity contribution in [1.29, 1.82) is 0 Å². The number of nitrogens with one attached hydrogen (secondary N) is 1. The number of rotatable bonds is 3. The van der Waals surface area contributed by atoms with E-state index in [0.29, 0.717) is 5.69 Å². The van der Waals surface area contributed by atoms with Crippen molar-refractivity contribution in [2.24, 2.45) is 17.8 Å². The third kappa shape index (κ3) is 3.56. The maximum Gasteiger partial charge on any atom is 0.412 e. The highest BCUT2D eigenvalue weighted by Gasteiger charge is 2.52. The number of amides is 1. The first-order valence-electron chi connectivity index (χ1n) is 9.17. The van der Waals surface area contributed by atoms with Crippen LogP contribution in [0.1, 0.15) is 33.6 Å². The molecule has 4 nitrogen and oxygen atoms in total. The zero-order valence-electron chi connectivity index (χ0n) is 15.7. The highest BCUT2D eigenvalue weighted by atomic mass is 16.6. The molecule has 2 aliphatic carbocycles. The summed E-state index contributed by atoms with van der Waals surface area (Å²) in [5, 5.41) is 14.1. The van der Waals surface area contributed by atoms with Crippen LogP contribution in [0.3, 0.4) is 0 Å². The monoisotopic (exact) mass is 353 g/mol. The van der Waals surface area contributed by atoms with Gasteiger partial charge >= 0.3 is 6.09 Å². The molecule has 3 rings (SSSR count). The van der Waals surface area contributed by atoms with Crippen LogP contribution in [-0.2, 0) is 4.74 Å². The van der Waals surface area contributed by atoms with E-state index in [4.69, 9.17) is 4.74 Å². The number of anilines is 1. The van der Waals surface area contributed by atoms with Crippen molar-refractivity contribution in [3.05, 3.63) is 60.6 Å². The molecule has 1 aromatic rings. The van der Waals surface area contributed by atoms with Gasteiger partial charge in [-0.2, -0.15) is 0 Å². The predicted octanol–water partition coefficient (Wildman–Crippen LogP) is 4.61. The number of aliphatic hydroxyl groups is 1. The van der Waals surface area contributed by atoms with E-state index in [0.717, 1.165) is 24.0 Å². The van der Waals surface area contributed by atoms with Crippen molar-refractivity contribution in [1.82, 2.24) is 0 Å². The number of fused-ring (bicyclic) bond motifs is 1. The fourth-order valence-electron chi connectivity index (χ4n) is 4.09. The Morgan fingerprint density at radius 1 is 1.35 bits per heavy atom. The second kappa shape index (κ2) is 7.28. The smallest absolute Gasteiger partial charge is 0.412 e. The van der Waals surface area contributed by atoms with E-state index in [1.807, 2.05) is 45.0 Å². The van der Waals surface area contributed by atoms with Crippen molar-refractivity contribution >= 4 is 11.8 Å². The summed E-state index contributed by atoms with van der Waals surface area (Å²) in [5.74, 6) is 0.203. The van der Waals surface area contributed by atoms with Crippen LogP contribution in [0.25, 0.3) is 0 Å². The molecule has 5 atom stereocenters. The van der Waals surface area contributed by atoms with Gasteiger partial charge in [-0.25, -0.2) is 4.79 Å². The lowest BCUT2D eigenvalue weighted by Gasteiger charge is -2.51. The Kier molecular flexibility index (Phi) is 5.24. The van der Waals surface area contributed by atoms with Crippen LogP contribution in [-0.4, -0.2) is 22.9 Å². The van der Waals surface area contributed by atoms with E-state index in [9.17, 15) is 9.90 Å². The molecular weight excluding hydrogens is 326 g/mol. The third-order valence-electron chi connectivity index (χ3n) is 5.70. The molecule has 0 aromatic heterocycles. The minimum atomic E-state index is -1.11. The molecule has 0 unspecified atom stereocenters. The average molecular weight is 353 g/mol. The summed E-state index contributed by atoms with van der Waals surface area (Å²) in [6.45, 7) is 10.1. The molecule has 0 saturated heterocycles. The van der Waals surface area contributed by atoms with E-state index >= 15 is 0 Å². The van der Waals surface area contributed by atoms with Crippen molar-refractivity contribution in [2.75, 3.05) is 5.32 Å². The van der Waals surface area contributed by atoms with Gasteiger partial charge in [0.15, 0.2) is 0 Å². The Hall–Kier alpha value is -2.07. The number of para-hydroxylation sites is 1. The molecular formula is C22H27NO3. The summed E-state index contributed by atoms with van der Waals surface area (Å²) in [7, 11) is 0. The van der Waals surface area contributed by atoms with Gasteiger partial charge < -0.3 is 9.84 Å². The molecule has 0 heterocycles.